The zero-order valence-electron chi connectivity index (χ0n) is 14.7. The molecule has 0 atom stereocenters. The molecule has 3 aromatic rings. The Balaban J connectivity index is 1.51. The lowest BCUT2D eigenvalue weighted by molar-refractivity contribution is 0.215. The maximum Gasteiger partial charge on any atom is 0.247 e. The molecule has 0 aliphatic heterocycles. The van der Waals surface area contributed by atoms with Gasteiger partial charge in [-0.25, -0.2) is 4.39 Å². The van der Waals surface area contributed by atoms with Crippen molar-refractivity contribution < 1.29 is 18.3 Å². The van der Waals surface area contributed by atoms with Gasteiger partial charge in [0, 0.05) is 12.1 Å². The van der Waals surface area contributed by atoms with Gasteiger partial charge in [-0.15, -0.1) is 10.2 Å². The number of benzene rings is 2. The minimum Gasteiger partial charge on any atom is -0.497 e. The summed E-state index contributed by atoms with van der Waals surface area (Å²) < 4.78 is 29.8. The van der Waals surface area contributed by atoms with E-state index in [1.54, 1.807) is 25.3 Å². The Morgan fingerprint density at radius 1 is 1.08 bits per heavy atom. The van der Waals surface area contributed by atoms with Crippen molar-refractivity contribution in [1.29, 1.82) is 0 Å². The topological polar surface area (TPSA) is 60.6 Å². The van der Waals surface area contributed by atoms with Gasteiger partial charge >= 0.3 is 0 Å². The predicted octanol–water partition coefficient (Wildman–Crippen LogP) is 3.40. The van der Waals surface area contributed by atoms with Crippen LogP contribution in [0.2, 0.25) is 0 Å². The van der Waals surface area contributed by atoms with Crippen LogP contribution in [-0.2, 0) is 6.54 Å². The number of likely N-dealkylation sites (N-methyl/N-ethyl adjacent to an activating group) is 1. The molecular formula is C19H20FN3O3. The van der Waals surface area contributed by atoms with E-state index >= 15 is 0 Å². The predicted molar refractivity (Wildman–Crippen MR) is 94.5 cm³/mol. The maximum atomic E-state index is 13.5. The first-order valence-corrected chi connectivity index (χ1v) is 8.18. The van der Waals surface area contributed by atoms with E-state index in [0.717, 1.165) is 11.3 Å². The summed E-state index contributed by atoms with van der Waals surface area (Å²) in [6, 6.07) is 13.7. The number of rotatable bonds is 8. The maximum absolute atomic E-state index is 13.5. The van der Waals surface area contributed by atoms with Gasteiger partial charge in [-0.2, -0.15) is 0 Å². The van der Waals surface area contributed by atoms with E-state index in [1.165, 1.54) is 6.07 Å². The second kappa shape index (κ2) is 8.44. The molecule has 0 saturated carbocycles. The Morgan fingerprint density at radius 3 is 2.58 bits per heavy atom. The molecule has 0 spiro atoms. The molecule has 0 amide bonds. The summed E-state index contributed by atoms with van der Waals surface area (Å²) in [7, 11) is 3.52. The van der Waals surface area contributed by atoms with Crippen molar-refractivity contribution in [3.05, 3.63) is 60.2 Å². The Labute approximate surface area is 151 Å². The zero-order chi connectivity index (χ0) is 18.4. The summed E-state index contributed by atoms with van der Waals surface area (Å²) in [6.07, 6.45) is 0. The number of ether oxygens (including phenoxy) is 2. The number of hydrogen-bond acceptors (Lipinski definition) is 6. The van der Waals surface area contributed by atoms with Crippen LogP contribution in [0.25, 0.3) is 11.5 Å². The van der Waals surface area contributed by atoms with Gasteiger partial charge in [0.05, 0.1) is 13.7 Å². The summed E-state index contributed by atoms with van der Waals surface area (Å²) in [6.45, 7) is 1.43. The van der Waals surface area contributed by atoms with Crippen LogP contribution in [0.15, 0.2) is 52.9 Å². The highest BCUT2D eigenvalue weighted by Gasteiger charge is 2.11. The molecule has 2 aromatic carbocycles. The molecule has 0 unspecified atom stereocenters. The summed E-state index contributed by atoms with van der Waals surface area (Å²) in [5, 5.41) is 8.13. The molecule has 0 aliphatic rings. The van der Waals surface area contributed by atoms with E-state index < -0.39 is 0 Å². The fourth-order valence-corrected chi connectivity index (χ4v) is 2.35. The van der Waals surface area contributed by atoms with E-state index in [4.69, 9.17) is 13.9 Å². The molecule has 0 aliphatic carbocycles. The number of aromatic nitrogens is 2. The highest BCUT2D eigenvalue weighted by molar-refractivity contribution is 5.53. The van der Waals surface area contributed by atoms with Gasteiger partial charge in [-0.3, -0.25) is 4.90 Å². The molecule has 0 radical (unpaired) electrons. The first-order chi connectivity index (χ1) is 12.7. The Hall–Kier alpha value is -2.93. The van der Waals surface area contributed by atoms with Gasteiger partial charge in [-0.1, -0.05) is 12.1 Å². The van der Waals surface area contributed by atoms with Gasteiger partial charge in [-0.05, 0) is 43.4 Å². The van der Waals surface area contributed by atoms with Crippen LogP contribution in [0.4, 0.5) is 4.39 Å². The van der Waals surface area contributed by atoms with E-state index in [2.05, 4.69) is 10.2 Å². The second-order valence-electron chi connectivity index (χ2n) is 5.75. The number of para-hydroxylation sites is 1. The van der Waals surface area contributed by atoms with Crippen molar-refractivity contribution in [2.24, 2.45) is 0 Å². The molecule has 0 saturated heterocycles. The van der Waals surface area contributed by atoms with Crippen molar-refractivity contribution in [3.8, 4) is 23.0 Å². The van der Waals surface area contributed by atoms with Crippen LogP contribution in [0, 0.1) is 5.82 Å². The van der Waals surface area contributed by atoms with Crippen LogP contribution in [0.5, 0.6) is 11.5 Å². The Morgan fingerprint density at radius 2 is 1.85 bits per heavy atom. The molecule has 1 aromatic heterocycles. The lowest BCUT2D eigenvalue weighted by Gasteiger charge is -2.14. The van der Waals surface area contributed by atoms with Gasteiger partial charge < -0.3 is 13.9 Å². The van der Waals surface area contributed by atoms with E-state index in [-0.39, 0.29) is 11.6 Å². The smallest absolute Gasteiger partial charge is 0.247 e. The van der Waals surface area contributed by atoms with E-state index in [1.807, 2.05) is 36.2 Å². The largest absolute Gasteiger partial charge is 0.497 e. The summed E-state index contributed by atoms with van der Waals surface area (Å²) in [5.41, 5.74) is 0.829. The van der Waals surface area contributed by atoms with Gasteiger partial charge in [0.15, 0.2) is 11.6 Å². The zero-order valence-corrected chi connectivity index (χ0v) is 14.7. The number of nitrogens with zero attached hydrogens (tertiary/aromatic N) is 3. The van der Waals surface area contributed by atoms with Crippen molar-refractivity contribution in [2.75, 3.05) is 27.3 Å². The molecule has 1 heterocycles. The third kappa shape index (κ3) is 4.58. The lowest BCUT2D eigenvalue weighted by Crippen LogP contribution is -2.24. The molecule has 3 rings (SSSR count). The molecule has 136 valence electrons. The molecule has 7 heteroatoms. The van der Waals surface area contributed by atoms with Crippen LogP contribution in [0.3, 0.4) is 0 Å². The van der Waals surface area contributed by atoms with Crippen LogP contribution in [-0.4, -0.2) is 42.4 Å². The molecule has 26 heavy (non-hydrogen) atoms. The van der Waals surface area contributed by atoms with Crippen molar-refractivity contribution in [1.82, 2.24) is 15.1 Å². The standard InChI is InChI=1S/C19H20FN3O3/c1-23(11-12-25-17-6-4-3-5-16(17)20)13-18-21-22-19(26-18)14-7-9-15(24-2)10-8-14/h3-10H,11-13H2,1-2H3. The van der Waals surface area contributed by atoms with Crippen molar-refractivity contribution in [3.63, 3.8) is 0 Å². The van der Waals surface area contributed by atoms with Gasteiger partial charge in [0.1, 0.15) is 12.4 Å². The SMILES string of the molecule is COc1ccc(-c2nnc(CN(C)CCOc3ccccc3F)o2)cc1. The fourth-order valence-electron chi connectivity index (χ4n) is 2.35. The number of methoxy groups -OCH3 is 1. The van der Waals surface area contributed by atoms with Crippen molar-refractivity contribution >= 4 is 0 Å². The third-order valence-corrected chi connectivity index (χ3v) is 3.78. The minimum atomic E-state index is -0.365. The monoisotopic (exact) mass is 357 g/mol. The molecule has 6 nitrogen and oxygen atoms in total. The minimum absolute atomic E-state index is 0.250. The lowest BCUT2D eigenvalue weighted by atomic mass is 10.2. The second-order valence-corrected chi connectivity index (χ2v) is 5.75. The molecular weight excluding hydrogens is 337 g/mol. The number of halogens is 1. The normalized spacial score (nSPS) is 10.9. The van der Waals surface area contributed by atoms with E-state index in [9.17, 15) is 4.39 Å². The third-order valence-electron chi connectivity index (χ3n) is 3.78. The Kier molecular flexibility index (Phi) is 5.80. The average molecular weight is 357 g/mol. The first kappa shape index (κ1) is 17.9. The van der Waals surface area contributed by atoms with Gasteiger partial charge in [0.2, 0.25) is 11.8 Å². The number of hydrogen-bond donors (Lipinski definition) is 0. The first-order valence-electron chi connectivity index (χ1n) is 8.18. The quantitative estimate of drug-likeness (QED) is 0.616. The highest BCUT2D eigenvalue weighted by atomic mass is 19.1. The Bertz CT molecular complexity index is 836. The summed E-state index contributed by atoms with van der Waals surface area (Å²) in [4.78, 5) is 1.96. The average Bonchev–Trinajstić information content (AvgIpc) is 3.12. The van der Waals surface area contributed by atoms with E-state index in [0.29, 0.717) is 31.5 Å². The van der Waals surface area contributed by atoms with Crippen LogP contribution in [0.1, 0.15) is 5.89 Å². The van der Waals surface area contributed by atoms with Crippen molar-refractivity contribution in [2.45, 2.75) is 6.54 Å². The molecule has 0 fully saturated rings. The van der Waals surface area contributed by atoms with Gasteiger partial charge in [0.25, 0.3) is 0 Å². The fraction of sp³-hybridized carbons (Fsp3) is 0.263. The van der Waals surface area contributed by atoms with Crippen LogP contribution >= 0.6 is 0 Å². The summed E-state index contributed by atoms with van der Waals surface area (Å²) in [5.74, 6) is 1.61. The molecule has 0 bridgehead atoms. The highest BCUT2D eigenvalue weighted by Crippen LogP contribution is 2.21. The van der Waals surface area contributed by atoms with Crippen LogP contribution < -0.4 is 9.47 Å². The molecule has 0 N–H and O–H groups in total. The summed E-state index contributed by atoms with van der Waals surface area (Å²) >= 11 is 0.